The summed E-state index contributed by atoms with van der Waals surface area (Å²) < 4.78 is 39.7. The first-order valence-corrected chi connectivity index (χ1v) is 13.4. The molecular formula is C22H28BClN3O10P. The van der Waals surface area contributed by atoms with Crippen LogP contribution in [0, 0.1) is 0 Å². The van der Waals surface area contributed by atoms with Gasteiger partial charge < -0.3 is 23.8 Å². The maximum Gasteiger partial charge on any atom is 0.459 e. The van der Waals surface area contributed by atoms with E-state index in [0.29, 0.717) is 5.75 Å². The van der Waals surface area contributed by atoms with Gasteiger partial charge in [-0.2, -0.15) is 5.09 Å². The van der Waals surface area contributed by atoms with Gasteiger partial charge in [-0.15, -0.1) is 11.6 Å². The molecule has 206 valence electrons. The van der Waals surface area contributed by atoms with Crippen LogP contribution >= 0.6 is 19.3 Å². The Kier molecular flexibility index (Phi) is 9.50. The molecule has 16 heteroatoms. The summed E-state index contributed by atoms with van der Waals surface area (Å²) in [4.78, 5) is 38.0. The molecule has 0 amide bonds. The number of esters is 1. The smallest absolute Gasteiger partial charge is 0.459 e. The number of nitrogens with one attached hydrogen (secondary N) is 2. The second-order valence-corrected chi connectivity index (χ2v) is 11.1. The number of aromatic nitrogens is 2. The molecular weight excluding hydrogens is 543 g/mol. The van der Waals surface area contributed by atoms with Crippen molar-refractivity contribution in [2.24, 2.45) is 0 Å². The fraction of sp³-hybridized carbons (Fsp3) is 0.500. The van der Waals surface area contributed by atoms with Gasteiger partial charge in [0.2, 0.25) is 0 Å². The van der Waals surface area contributed by atoms with E-state index in [1.165, 1.54) is 26.2 Å². The van der Waals surface area contributed by atoms with Gasteiger partial charge in [-0.3, -0.25) is 23.7 Å². The first-order chi connectivity index (χ1) is 17.8. The number of ether oxygens (including phenoxy) is 3. The van der Waals surface area contributed by atoms with Crippen molar-refractivity contribution in [3.8, 4) is 11.5 Å². The van der Waals surface area contributed by atoms with Crippen LogP contribution in [0.15, 0.2) is 46.1 Å². The molecule has 38 heavy (non-hydrogen) atoms. The van der Waals surface area contributed by atoms with Crippen LogP contribution in [0.2, 0.25) is 0 Å². The summed E-state index contributed by atoms with van der Waals surface area (Å²) in [5, 5.41) is 13.2. The topological polar surface area (TPSA) is 167 Å². The van der Waals surface area contributed by atoms with E-state index in [1.807, 2.05) is 4.98 Å². The molecule has 0 aliphatic carbocycles. The molecule has 2 heterocycles. The molecule has 0 bridgehead atoms. The fourth-order valence-electron chi connectivity index (χ4n) is 3.48. The van der Waals surface area contributed by atoms with Gasteiger partial charge in [0.05, 0.1) is 30.7 Å². The monoisotopic (exact) mass is 571 g/mol. The van der Waals surface area contributed by atoms with E-state index in [-0.39, 0.29) is 5.75 Å². The average molecular weight is 572 g/mol. The third kappa shape index (κ3) is 7.07. The Morgan fingerprint density at radius 3 is 2.63 bits per heavy atom. The van der Waals surface area contributed by atoms with E-state index in [4.69, 9.17) is 42.7 Å². The molecule has 13 nitrogen and oxygen atoms in total. The zero-order valence-corrected chi connectivity index (χ0v) is 22.7. The van der Waals surface area contributed by atoms with Gasteiger partial charge in [0.15, 0.2) is 6.23 Å². The zero-order valence-electron chi connectivity index (χ0n) is 21.0. The highest BCUT2D eigenvalue weighted by molar-refractivity contribution is 7.52. The minimum absolute atomic E-state index is 0.0840. The van der Waals surface area contributed by atoms with Gasteiger partial charge in [-0.1, -0.05) is 6.07 Å². The van der Waals surface area contributed by atoms with Crippen molar-refractivity contribution < 1.29 is 37.7 Å². The van der Waals surface area contributed by atoms with Gasteiger partial charge in [-0.25, -0.2) is 9.36 Å². The molecule has 0 saturated carbocycles. The first-order valence-electron chi connectivity index (χ1n) is 11.4. The third-order valence-corrected chi connectivity index (χ3v) is 7.38. The zero-order chi connectivity index (χ0) is 28.3. The number of hydrogen-bond donors (Lipinski definition) is 3. The van der Waals surface area contributed by atoms with Crippen molar-refractivity contribution in [2.45, 2.75) is 56.1 Å². The van der Waals surface area contributed by atoms with Crippen LogP contribution < -0.4 is 25.6 Å². The van der Waals surface area contributed by atoms with Gasteiger partial charge in [0.1, 0.15) is 31.5 Å². The number of aliphatic hydroxyl groups is 1. The first kappa shape index (κ1) is 29.9. The van der Waals surface area contributed by atoms with E-state index < -0.39 is 66.9 Å². The molecule has 6 atom stereocenters. The number of alkyl halides is 1. The van der Waals surface area contributed by atoms with Gasteiger partial charge in [0.25, 0.3) is 5.56 Å². The molecule has 3 rings (SSSR count). The van der Waals surface area contributed by atoms with Crippen molar-refractivity contribution in [2.75, 3.05) is 13.7 Å². The molecule has 0 spiro atoms. The van der Waals surface area contributed by atoms with Crippen LogP contribution in [0.5, 0.6) is 11.5 Å². The number of aromatic amines is 1. The van der Waals surface area contributed by atoms with E-state index in [2.05, 4.69) is 5.09 Å². The maximum atomic E-state index is 13.8. The van der Waals surface area contributed by atoms with Crippen molar-refractivity contribution in [3.63, 3.8) is 0 Å². The molecule has 1 unspecified atom stereocenters. The van der Waals surface area contributed by atoms with Crippen LogP contribution in [0.25, 0.3) is 0 Å². The Bertz CT molecular complexity index is 1300. The maximum absolute atomic E-state index is 13.8. The van der Waals surface area contributed by atoms with E-state index in [0.717, 1.165) is 16.8 Å². The Morgan fingerprint density at radius 2 is 2.00 bits per heavy atom. The van der Waals surface area contributed by atoms with E-state index in [9.17, 15) is 24.1 Å². The summed E-state index contributed by atoms with van der Waals surface area (Å²) in [6.07, 6.45) is -3.68. The lowest BCUT2D eigenvalue weighted by molar-refractivity contribution is -0.149. The van der Waals surface area contributed by atoms with E-state index >= 15 is 0 Å². The molecule has 1 aliphatic heterocycles. The second kappa shape index (κ2) is 12.1. The molecule has 1 aromatic carbocycles. The lowest BCUT2D eigenvalue weighted by atomic mass is 9.79. The largest absolute Gasteiger partial charge is 0.497 e. The van der Waals surface area contributed by atoms with Gasteiger partial charge >= 0.3 is 19.4 Å². The SMILES string of the molecule is [B][C@]1(Cl)[C@H](O)[C@@H](COP(=O)(N[C@@H](C)C(=O)OC(C)C)Oc2cccc(OC)c2)O[C@H]1n1ccc(=O)[nH]c1=O. The Balaban J connectivity index is 1.83. The summed E-state index contributed by atoms with van der Waals surface area (Å²) >= 11 is 6.32. The number of hydrogen-bond acceptors (Lipinski definition) is 10. The summed E-state index contributed by atoms with van der Waals surface area (Å²) in [5.74, 6) is -0.227. The molecule has 1 fully saturated rings. The van der Waals surface area contributed by atoms with Gasteiger partial charge in [-0.05, 0) is 32.9 Å². The van der Waals surface area contributed by atoms with Crippen molar-refractivity contribution in [1.29, 1.82) is 0 Å². The Labute approximate surface area is 224 Å². The van der Waals surface area contributed by atoms with Crippen LogP contribution in [-0.4, -0.2) is 71.3 Å². The lowest BCUT2D eigenvalue weighted by Crippen LogP contribution is -2.45. The second-order valence-electron chi connectivity index (χ2n) is 8.72. The number of nitrogens with zero attached hydrogens (tertiary/aromatic N) is 1. The molecule has 3 N–H and O–H groups in total. The van der Waals surface area contributed by atoms with E-state index in [1.54, 1.807) is 26.0 Å². The minimum Gasteiger partial charge on any atom is -0.497 e. The molecule has 1 saturated heterocycles. The molecule has 1 aromatic heterocycles. The highest BCUT2D eigenvalue weighted by Gasteiger charge is 2.53. The van der Waals surface area contributed by atoms with Crippen LogP contribution in [0.3, 0.4) is 0 Å². The van der Waals surface area contributed by atoms with Gasteiger partial charge in [0, 0.05) is 18.3 Å². The highest BCUT2D eigenvalue weighted by Crippen LogP contribution is 2.47. The quantitative estimate of drug-likeness (QED) is 0.153. The number of halogens is 1. The van der Waals surface area contributed by atoms with Crippen LogP contribution in [0.4, 0.5) is 0 Å². The number of methoxy groups -OCH3 is 1. The molecule has 1 aliphatic rings. The number of carbonyl (C=O) groups is 1. The Hall–Kier alpha value is -2.61. The predicted octanol–water partition coefficient (Wildman–Crippen LogP) is 1.04. The highest BCUT2D eigenvalue weighted by atomic mass is 35.5. The van der Waals surface area contributed by atoms with Crippen molar-refractivity contribution in [3.05, 3.63) is 57.4 Å². The number of rotatable bonds is 11. The third-order valence-electron chi connectivity index (χ3n) is 5.32. The lowest BCUT2D eigenvalue weighted by Gasteiger charge is -2.27. The van der Waals surface area contributed by atoms with Crippen molar-refractivity contribution in [1.82, 2.24) is 14.6 Å². The number of H-pyrrole nitrogens is 1. The molecule has 2 radical (unpaired) electrons. The molecule has 2 aromatic rings. The average Bonchev–Trinajstić information content (AvgIpc) is 3.06. The standard InChI is InChI=1S/C22H28BClN3O10P/c1-12(2)35-19(30)13(3)26-38(32,37-15-7-5-6-14(10-15)33-4)34-11-16-18(29)22(23,24)20(36-16)27-9-8-17(28)25-21(27)31/h5-10,12-13,16,18,20,29H,11H2,1-4H3,(H,26,32)(H,25,28,31)/t13-,16+,18+,20+,22-,38?/m0/s1. The normalized spacial score (nSPS) is 25.5. The summed E-state index contributed by atoms with van der Waals surface area (Å²) in [6, 6.07) is 6.07. The fourth-order valence-corrected chi connectivity index (χ4v) is 5.27. The summed E-state index contributed by atoms with van der Waals surface area (Å²) in [6.45, 7) is 4.11. The summed E-state index contributed by atoms with van der Waals surface area (Å²) in [7, 11) is 3.13. The predicted molar refractivity (Wildman–Crippen MR) is 137 cm³/mol. The minimum atomic E-state index is -4.35. The number of carbonyl (C=O) groups excluding carboxylic acids is 1. The number of benzene rings is 1. The van der Waals surface area contributed by atoms with Crippen molar-refractivity contribution >= 4 is 33.2 Å². The van der Waals surface area contributed by atoms with Crippen LogP contribution in [0.1, 0.15) is 27.0 Å². The summed E-state index contributed by atoms with van der Waals surface area (Å²) in [5.41, 5.74) is -1.54. The Morgan fingerprint density at radius 1 is 1.32 bits per heavy atom. The van der Waals surface area contributed by atoms with Crippen LogP contribution in [-0.2, 0) is 23.4 Å². The number of aliphatic hydroxyl groups excluding tert-OH is 1.